The third kappa shape index (κ3) is 3.38. The lowest BCUT2D eigenvalue weighted by molar-refractivity contribution is 0.0941. The molecule has 17 heavy (non-hydrogen) atoms. The molecule has 1 fully saturated rings. The van der Waals surface area contributed by atoms with Gasteiger partial charge in [0.25, 0.3) is 5.91 Å². The zero-order chi connectivity index (χ0) is 12.3. The van der Waals surface area contributed by atoms with Gasteiger partial charge in [0.15, 0.2) is 10.8 Å². The molecule has 0 aliphatic carbocycles. The van der Waals surface area contributed by atoms with Gasteiger partial charge >= 0.3 is 0 Å². The normalized spacial score (nSPS) is 20.5. The maximum absolute atomic E-state index is 11.7. The zero-order valence-electron chi connectivity index (χ0n) is 9.69. The van der Waals surface area contributed by atoms with Crippen molar-refractivity contribution < 1.29 is 4.79 Å². The van der Waals surface area contributed by atoms with Crippen LogP contribution in [-0.2, 0) is 0 Å². The smallest absolute Gasteiger partial charge is 0.271 e. The average Bonchev–Trinajstić information content (AvgIpc) is 2.73. The van der Waals surface area contributed by atoms with Crippen LogP contribution >= 0.6 is 11.6 Å². The van der Waals surface area contributed by atoms with Crippen LogP contribution in [0, 0.1) is 5.92 Å². The fraction of sp³-hybridized carbons (Fsp3) is 0.545. The molecule has 0 saturated carbocycles. The summed E-state index contributed by atoms with van der Waals surface area (Å²) in [4.78, 5) is 14.0. The van der Waals surface area contributed by atoms with E-state index in [1.807, 2.05) is 0 Å². The van der Waals surface area contributed by atoms with Gasteiger partial charge in [-0.3, -0.25) is 4.79 Å². The maximum Gasteiger partial charge on any atom is 0.271 e. The van der Waals surface area contributed by atoms with Crippen LogP contribution in [0.15, 0.2) is 12.1 Å². The van der Waals surface area contributed by atoms with Gasteiger partial charge in [0.2, 0.25) is 0 Å². The Bertz CT molecular complexity index is 395. The monoisotopic (exact) mass is 254 g/mol. The van der Waals surface area contributed by atoms with E-state index in [0.717, 1.165) is 19.5 Å². The van der Waals surface area contributed by atoms with Crippen LogP contribution in [0.3, 0.4) is 0 Å². The SMILES string of the molecule is CN1CCC(CNC(=O)c2ccc(Cl)nn2)C1. The quantitative estimate of drug-likeness (QED) is 0.867. The highest BCUT2D eigenvalue weighted by atomic mass is 35.5. The molecule has 0 bridgehead atoms. The number of carbonyl (C=O) groups is 1. The van der Waals surface area contributed by atoms with E-state index < -0.39 is 0 Å². The van der Waals surface area contributed by atoms with Gasteiger partial charge in [-0.2, -0.15) is 0 Å². The Morgan fingerprint density at radius 3 is 3.00 bits per heavy atom. The summed E-state index contributed by atoms with van der Waals surface area (Å²) in [5.41, 5.74) is 0.306. The lowest BCUT2D eigenvalue weighted by Crippen LogP contribution is -2.31. The van der Waals surface area contributed by atoms with Gasteiger partial charge in [-0.1, -0.05) is 11.6 Å². The Morgan fingerprint density at radius 1 is 1.59 bits per heavy atom. The highest BCUT2D eigenvalue weighted by Crippen LogP contribution is 2.13. The van der Waals surface area contributed by atoms with E-state index in [9.17, 15) is 4.79 Å². The molecular weight excluding hydrogens is 240 g/mol. The van der Waals surface area contributed by atoms with E-state index >= 15 is 0 Å². The minimum Gasteiger partial charge on any atom is -0.350 e. The number of nitrogens with zero attached hydrogens (tertiary/aromatic N) is 3. The lowest BCUT2D eigenvalue weighted by Gasteiger charge is -2.11. The largest absolute Gasteiger partial charge is 0.350 e. The van der Waals surface area contributed by atoms with Crippen LogP contribution in [0.4, 0.5) is 0 Å². The second-order valence-corrected chi connectivity index (χ2v) is 4.76. The molecule has 1 aromatic heterocycles. The number of amides is 1. The number of halogens is 1. The minimum absolute atomic E-state index is 0.191. The van der Waals surface area contributed by atoms with Gasteiger partial charge in [0.1, 0.15) is 0 Å². The summed E-state index contributed by atoms with van der Waals surface area (Å²) in [5.74, 6) is 0.341. The summed E-state index contributed by atoms with van der Waals surface area (Å²) >= 11 is 5.60. The first-order valence-corrected chi connectivity index (χ1v) is 5.99. The Morgan fingerprint density at radius 2 is 2.41 bits per heavy atom. The maximum atomic E-state index is 11.7. The van der Waals surface area contributed by atoms with Gasteiger partial charge in [-0.15, -0.1) is 10.2 Å². The third-order valence-electron chi connectivity index (χ3n) is 2.90. The van der Waals surface area contributed by atoms with Crippen LogP contribution in [0.1, 0.15) is 16.9 Å². The molecule has 1 saturated heterocycles. The van der Waals surface area contributed by atoms with Crippen molar-refractivity contribution in [2.24, 2.45) is 5.92 Å². The summed E-state index contributed by atoms with van der Waals surface area (Å²) in [7, 11) is 2.09. The Labute approximate surface area is 105 Å². The fourth-order valence-electron chi connectivity index (χ4n) is 1.96. The Kier molecular flexibility index (Phi) is 3.91. The molecule has 1 aliphatic rings. The van der Waals surface area contributed by atoms with Gasteiger partial charge in [-0.05, 0) is 38.1 Å². The van der Waals surface area contributed by atoms with Crippen molar-refractivity contribution in [1.29, 1.82) is 0 Å². The van der Waals surface area contributed by atoms with Crippen LogP contribution in [0.25, 0.3) is 0 Å². The number of nitrogens with one attached hydrogen (secondary N) is 1. The van der Waals surface area contributed by atoms with E-state index in [-0.39, 0.29) is 5.91 Å². The standard InChI is InChI=1S/C11H15ClN4O/c1-16-5-4-8(7-16)6-13-11(17)9-2-3-10(12)15-14-9/h2-3,8H,4-7H2,1H3,(H,13,17). The zero-order valence-corrected chi connectivity index (χ0v) is 10.4. The van der Waals surface area contributed by atoms with E-state index in [1.54, 1.807) is 12.1 Å². The average molecular weight is 255 g/mol. The molecule has 5 nitrogen and oxygen atoms in total. The van der Waals surface area contributed by atoms with Crippen molar-refractivity contribution >= 4 is 17.5 Å². The van der Waals surface area contributed by atoms with E-state index in [0.29, 0.717) is 23.3 Å². The Balaban J connectivity index is 1.83. The first kappa shape index (κ1) is 12.3. The number of hydrogen-bond acceptors (Lipinski definition) is 4. The lowest BCUT2D eigenvalue weighted by atomic mass is 10.1. The highest BCUT2D eigenvalue weighted by Gasteiger charge is 2.20. The molecule has 0 aromatic carbocycles. The summed E-state index contributed by atoms with van der Waals surface area (Å²) in [6.07, 6.45) is 1.13. The molecule has 92 valence electrons. The first-order valence-electron chi connectivity index (χ1n) is 5.61. The van der Waals surface area contributed by atoms with Crippen molar-refractivity contribution in [3.8, 4) is 0 Å². The highest BCUT2D eigenvalue weighted by molar-refractivity contribution is 6.29. The van der Waals surface area contributed by atoms with E-state index in [1.165, 1.54) is 0 Å². The van der Waals surface area contributed by atoms with Gasteiger partial charge < -0.3 is 10.2 Å². The van der Waals surface area contributed by atoms with Crippen molar-refractivity contribution in [3.05, 3.63) is 23.0 Å². The van der Waals surface area contributed by atoms with Crippen LogP contribution in [0.5, 0.6) is 0 Å². The summed E-state index contributed by atoms with van der Waals surface area (Å²) in [6, 6.07) is 3.14. The second kappa shape index (κ2) is 5.42. The first-order chi connectivity index (χ1) is 8.15. The van der Waals surface area contributed by atoms with Gasteiger partial charge in [-0.25, -0.2) is 0 Å². The molecule has 1 aliphatic heterocycles. The van der Waals surface area contributed by atoms with Crippen molar-refractivity contribution in [1.82, 2.24) is 20.4 Å². The van der Waals surface area contributed by atoms with Gasteiger partial charge in [0, 0.05) is 13.1 Å². The molecule has 6 heteroatoms. The molecule has 1 amide bonds. The van der Waals surface area contributed by atoms with E-state index in [4.69, 9.17) is 11.6 Å². The van der Waals surface area contributed by atoms with E-state index in [2.05, 4.69) is 27.5 Å². The fourth-order valence-corrected chi connectivity index (χ4v) is 2.06. The van der Waals surface area contributed by atoms with Gasteiger partial charge in [0.05, 0.1) is 0 Å². The molecule has 1 N–H and O–H groups in total. The molecule has 1 aromatic rings. The molecular formula is C11H15ClN4O. The summed E-state index contributed by atoms with van der Waals surface area (Å²) in [5, 5.41) is 10.5. The molecule has 0 radical (unpaired) electrons. The third-order valence-corrected chi connectivity index (χ3v) is 3.11. The minimum atomic E-state index is -0.191. The molecule has 2 rings (SSSR count). The number of carbonyl (C=O) groups excluding carboxylic acids is 1. The predicted molar refractivity (Wildman–Crippen MR) is 65.0 cm³/mol. The molecule has 0 spiro atoms. The van der Waals surface area contributed by atoms with Crippen molar-refractivity contribution in [2.75, 3.05) is 26.7 Å². The molecule has 1 unspecified atom stereocenters. The van der Waals surface area contributed by atoms with Crippen LogP contribution in [-0.4, -0.2) is 47.7 Å². The second-order valence-electron chi connectivity index (χ2n) is 4.37. The topological polar surface area (TPSA) is 58.1 Å². The van der Waals surface area contributed by atoms with Crippen LogP contribution in [0.2, 0.25) is 5.15 Å². The van der Waals surface area contributed by atoms with Crippen molar-refractivity contribution in [2.45, 2.75) is 6.42 Å². The Hall–Kier alpha value is -1.20. The molecule has 1 atom stereocenters. The van der Waals surface area contributed by atoms with Crippen LogP contribution < -0.4 is 5.32 Å². The number of aromatic nitrogens is 2. The molecule has 2 heterocycles. The van der Waals surface area contributed by atoms with Crippen molar-refractivity contribution in [3.63, 3.8) is 0 Å². The predicted octanol–water partition coefficient (Wildman–Crippen LogP) is 0.811. The number of rotatable bonds is 3. The number of hydrogen-bond donors (Lipinski definition) is 1. The summed E-state index contributed by atoms with van der Waals surface area (Å²) < 4.78 is 0. The summed E-state index contributed by atoms with van der Waals surface area (Å²) in [6.45, 7) is 2.82. The number of likely N-dealkylation sites (tertiary alicyclic amines) is 1.